The Hall–Kier alpha value is -2.40. The summed E-state index contributed by atoms with van der Waals surface area (Å²) in [6.07, 6.45) is 0. The Labute approximate surface area is 136 Å². The number of hydrogen-bond donors (Lipinski definition) is 2. The second-order valence-electron chi connectivity index (χ2n) is 4.85. The highest BCUT2D eigenvalue weighted by Crippen LogP contribution is 2.17. The van der Waals surface area contributed by atoms with E-state index >= 15 is 0 Å². The van der Waals surface area contributed by atoms with Crippen LogP contribution in [0.25, 0.3) is 11.3 Å². The summed E-state index contributed by atoms with van der Waals surface area (Å²) < 4.78 is 0.993. The highest BCUT2D eigenvalue weighted by Gasteiger charge is 2.10. The summed E-state index contributed by atoms with van der Waals surface area (Å²) >= 11 is 3.41. The number of benzene rings is 2. The van der Waals surface area contributed by atoms with Crippen LogP contribution in [-0.4, -0.2) is 16.1 Å². The first kappa shape index (κ1) is 14.5. The van der Waals surface area contributed by atoms with Gasteiger partial charge in [-0.15, -0.1) is 0 Å². The number of H-pyrrole nitrogens is 1. The van der Waals surface area contributed by atoms with Gasteiger partial charge in [0.05, 0.1) is 5.69 Å². The molecule has 1 aromatic heterocycles. The molecule has 5 heteroatoms. The van der Waals surface area contributed by atoms with Crippen molar-refractivity contribution in [2.75, 3.05) is 0 Å². The van der Waals surface area contributed by atoms with Crippen LogP contribution in [0.3, 0.4) is 0 Å². The van der Waals surface area contributed by atoms with Gasteiger partial charge in [0.2, 0.25) is 0 Å². The molecule has 22 heavy (non-hydrogen) atoms. The Morgan fingerprint density at radius 2 is 1.91 bits per heavy atom. The smallest absolute Gasteiger partial charge is 0.269 e. The van der Waals surface area contributed by atoms with Crippen LogP contribution in [0.5, 0.6) is 0 Å². The van der Waals surface area contributed by atoms with Crippen LogP contribution in [0.15, 0.2) is 65.1 Å². The fraction of sp³-hybridized carbons (Fsp3) is 0.0588. The Bertz CT molecular complexity index is 783. The van der Waals surface area contributed by atoms with E-state index in [1.54, 1.807) is 6.07 Å². The highest BCUT2D eigenvalue weighted by atomic mass is 79.9. The van der Waals surface area contributed by atoms with E-state index in [1.807, 2.05) is 54.6 Å². The van der Waals surface area contributed by atoms with E-state index in [4.69, 9.17) is 0 Å². The normalized spacial score (nSPS) is 10.4. The Morgan fingerprint density at radius 1 is 1.09 bits per heavy atom. The van der Waals surface area contributed by atoms with E-state index in [2.05, 4.69) is 31.4 Å². The number of carbonyl (C=O) groups is 1. The van der Waals surface area contributed by atoms with Crippen molar-refractivity contribution in [2.45, 2.75) is 6.54 Å². The fourth-order valence-corrected chi connectivity index (χ4v) is 2.57. The van der Waals surface area contributed by atoms with Gasteiger partial charge in [0.1, 0.15) is 5.69 Å². The Kier molecular flexibility index (Phi) is 4.34. The lowest BCUT2D eigenvalue weighted by Gasteiger charge is -2.04. The average Bonchev–Trinajstić information content (AvgIpc) is 3.04. The lowest BCUT2D eigenvalue weighted by molar-refractivity contribution is 0.0946. The van der Waals surface area contributed by atoms with E-state index < -0.39 is 0 Å². The average molecular weight is 356 g/mol. The van der Waals surface area contributed by atoms with Crippen LogP contribution < -0.4 is 5.32 Å². The Balaban J connectivity index is 1.67. The van der Waals surface area contributed by atoms with Crippen LogP contribution in [0.1, 0.15) is 16.1 Å². The molecule has 0 aliphatic carbocycles. The zero-order valence-corrected chi connectivity index (χ0v) is 13.3. The molecule has 0 aliphatic heterocycles. The molecule has 3 aromatic rings. The van der Waals surface area contributed by atoms with E-state index in [1.165, 1.54) is 0 Å². The number of carbonyl (C=O) groups excluding carboxylic acids is 1. The summed E-state index contributed by atoms with van der Waals surface area (Å²) in [5.41, 5.74) is 3.22. The molecule has 1 amide bonds. The van der Waals surface area contributed by atoms with Gasteiger partial charge >= 0.3 is 0 Å². The molecule has 0 spiro atoms. The van der Waals surface area contributed by atoms with Gasteiger partial charge in [-0.2, -0.15) is 5.10 Å². The molecular weight excluding hydrogens is 342 g/mol. The van der Waals surface area contributed by atoms with Crippen molar-refractivity contribution in [3.8, 4) is 11.3 Å². The van der Waals surface area contributed by atoms with E-state index in [0.717, 1.165) is 21.3 Å². The maximum absolute atomic E-state index is 12.2. The van der Waals surface area contributed by atoms with Crippen molar-refractivity contribution in [1.29, 1.82) is 0 Å². The predicted molar refractivity (Wildman–Crippen MR) is 89.3 cm³/mol. The van der Waals surface area contributed by atoms with Crippen molar-refractivity contribution >= 4 is 21.8 Å². The van der Waals surface area contributed by atoms with Gasteiger partial charge in [-0.1, -0.05) is 58.4 Å². The zero-order chi connectivity index (χ0) is 15.4. The largest absolute Gasteiger partial charge is 0.347 e. The SMILES string of the molecule is O=C(NCc1cccc(Br)c1)c1cc(-c2ccccc2)n[nH]1. The molecule has 0 fully saturated rings. The predicted octanol–water partition coefficient (Wildman–Crippen LogP) is 3.77. The molecule has 0 saturated heterocycles. The van der Waals surface area contributed by atoms with Crippen molar-refractivity contribution in [1.82, 2.24) is 15.5 Å². The van der Waals surface area contributed by atoms with E-state index in [0.29, 0.717) is 12.2 Å². The molecule has 2 aromatic carbocycles. The molecule has 0 saturated carbocycles. The van der Waals surface area contributed by atoms with Gasteiger partial charge in [0.25, 0.3) is 5.91 Å². The molecule has 2 N–H and O–H groups in total. The van der Waals surface area contributed by atoms with E-state index in [-0.39, 0.29) is 5.91 Å². The number of rotatable bonds is 4. The molecule has 110 valence electrons. The van der Waals surface area contributed by atoms with Gasteiger partial charge in [-0.3, -0.25) is 9.89 Å². The lowest BCUT2D eigenvalue weighted by Crippen LogP contribution is -2.23. The van der Waals surface area contributed by atoms with Crippen LogP contribution in [0.4, 0.5) is 0 Å². The second-order valence-corrected chi connectivity index (χ2v) is 5.76. The fourth-order valence-electron chi connectivity index (χ4n) is 2.12. The third kappa shape index (κ3) is 3.43. The number of nitrogens with zero attached hydrogens (tertiary/aromatic N) is 1. The van der Waals surface area contributed by atoms with Crippen molar-refractivity contribution in [3.63, 3.8) is 0 Å². The number of nitrogens with one attached hydrogen (secondary N) is 2. The summed E-state index contributed by atoms with van der Waals surface area (Å²) in [4.78, 5) is 12.2. The standard InChI is InChI=1S/C17H14BrN3O/c18-14-8-4-5-12(9-14)11-19-17(22)16-10-15(20-21-16)13-6-2-1-3-7-13/h1-10H,11H2,(H,19,22)(H,20,21). The van der Waals surface area contributed by atoms with Gasteiger partial charge in [0, 0.05) is 16.6 Å². The van der Waals surface area contributed by atoms with Gasteiger partial charge in [0.15, 0.2) is 0 Å². The highest BCUT2D eigenvalue weighted by molar-refractivity contribution is 9.10. The van der Waals surface area contributed by atoms with Gasteiger partial charge in [-0.25, -0.2) is 0 Å². The molecule has 0 aliphatic rings. The zero-order valence-electron chi connectivity index (χ0n) is 11.7. The minimum atomic E-state index is -0.172. The lowest BCUT2D eigenvalue weighted by atomic mass is 10.1. The van der Waals surface area contributed by atoms with Crippen molar-refractivity contribution in [3.05, 3.63) is 76.4 Å². The third-order valence-electron chi connectivity index (χ3n) is 3.23. The van der Waals surface area contributed by atoms with Crippen LogP contribution in [0.2, 0.25) is 0 Å². The van der Waals surface area contributed by atoms with Gasteiger partial charge < -0.3 is 5.32 Å². The molecule has 1 heterocycles. The minimum Gasteiger partial charge on any atom is -0.347 e. The van der Waals surface area contributed by atoms with E-state index in [9.17, 15) is 4.79 Å². The first-order chi connectivity index (χ1) is 10.7. The number of aromatic nitrogens is 2. The molecule has 0 unspecified atom stereocenters. The summed E-state index contributed by atoms with van der Waals surface area (Å²) in [6.45, 7) is 0.470. The topological polar surface area (TPSA) is 57.8 Å². The van der Waals surface area contributed by atoms with Crippen LogP contribution >= 0.6 is 15.9 Å². The summed E-state index contributed by atoms with van der Waals surface area (Å²) in [5, 5.41) is 9.84. The molecule has 0 radical (unpaired) electrons. The van der Waals surface area contributed by atoms with Crippen LogP contribution in [0, 0.1) is 0 Å². The number of amides is 1. The van der Waals surface area contributed by atoms with Crippen molar-refractivity contribution in [2.24, 2.45) is 0 Å². The second kappa shape index (κ2) is 6.58. The Morgan fingerprint density at radius 3 is 2.68 bits per heavy atom. The monoisotopic (exact) mass is 355 g/mol. The first-order valence-corrected chi connectivity index (χ1v) is 7.65. The summed E-state index contributed by atoms with van der Waals surface area (Å²) in [5.74, 6) is -0.172. The molecular formula is C17H14BrN3O. The molecule has 0 atom stereocenters. The number of aromatic amines is 1. The first-order valence-electron chi connectivity index (χ1n) is 6.86. The number of halogens is 1. The minimum absolute atomic E-state index is 0.172. The summed E-state index contributed by atoms with van der Waals surface area (Å²) in [7, 11) is 0. The summed E-state index contributed by atoms with van der Waals surface area (Å²) in [6, 6.07) is 19.3. The molecule has 3 rings (SSSR count). The molecule has 4 nitrogen and oxygen atoms in total. The quantitative estimate of drug-likeness (QED) is 0.748. The van der Waals surface area contributed by atoms with Crippen LogP contribution in [-0.2, 0) is 6.54 Å². The van der Waals surface area contributed by atoms with Gasteiger partial charge in [-0.05, 0) is 23.8 Å². The third-order valence-corrected chi connectivity index (χ3v) is 3.73. The van der Waals surface area contributed by atoms with Crippen molar-refractivity contribution < 1.29 is 4.79 Å². The molecule has 0 bridgehead atoms. The maximum atomic E-state index is 12.2. The number of hydrogen-bond acceptors (Lipinski definition) is 2. The maximum Gasteiger partial charge on any atom is 0.269 e.